The fourth-order valence-corrected chi connectivity index (χ4v) is 1.75. The van der Waals surface area contributed by atoms with Crippen molar-refractivity contribution in [3.63, 3.8) is 0 Å². The molecule has 0 radical (unpaired) electrons. The summed E-state index contributed by atoms with van der Waals surface area (Å²) in [6.07, 6.45) is 0.730. The molecule has 1 saturated heterocycles. The molecule has 0 bridgehead atoms. The maximum absolute atomic E-state index is 10.4. The van der Waals surface area contributed by atoms with E-state index in [0.29, 0.717) is 6.47 Å². The Balaban J connectivity index is 2.79. The first-order valence-electron chi connectivity index (χ1n) is 5.74. The largest absolute Gasteiger partial charge is 0.431 e. The summed E-state index contributed by atoms with van der Waals surface area (Å²) < 4.78 is 5.04. The van der Waals surface area contributed by atoms with Crippen LogP contribution in [0.5, 0.6) is 0 Å². The van der Waals surface area contributed by atoms with Gasteiger partial charge in [-0.15, -0.1) is 0 Å². The van der Waals surface area contributed by atoms with E-state index in [0.717, 1.165) is 50.6 Å². The number of rotatable bonds is 3. The highest BCUT2D eigenvalue weighted by atomic mass is 16.5. The summed E-state index contributed by atoms with van der Waals surface area (Å²) in [5.41, 5.74) is 1.07. The molecule has 0 aromatic rings. The van der Waals surface area contributed by atoms with Crippen molar-refractivity contribution in [1.82, 2.24) is 15.5 Å². The first-order valence-corrected chi connectivity index (χ1v) is 5.74. The summed E-state index contributed by atoms with van der Waals surface area (Å²) in [4.78, 5) is 12.6. The van der Waals surface area contributed by atoms with Crippen molar-refractivity contribution >= 4 is 6.47 Å². The SMILES string of the molecule is CC/C(OC=O)=C1\CNCCNCCN1C. The topological polar surface area (TPSA) is 53.6 Å². The van der Waals surface area contributed by atoms with E-state index in [4.69, 9.17) is 4.74 Å². The van der Waals surface area contributed by atoms with Gasteiger partial charge in [0.1, 0.15) is 5.76 Å². The minimum atomic E-state index is 0.505. The smallest absolute Gasteiger partial charge is 0.298 e. The van der Waals surface area contributed by atoms with E-state index >= 15 is 0 Å². The Morgan fingerprint density at radius 1 is 1.44 bits per heavy atom. The Kier molecular flexibility index (Phi) is 5.88. The number of allylic oxidation sites excluding steroid dienone is 1. The number of carbonyl (C=O) groups excluding carboxylic acids is 1. The van der Waals surface area contributed by atoms with Gasteiger partial charge in [0.15, 0.2) is 0 Å². The summed E-state index contributed by atoms with van der Waals surface area (Å²) >= 11 is 0. The van der Waals surface area contributed by atoms with Crippen molar-refractivity contribution in [3.8, 4) is 0 Å². The Bertz CT molecular complexity index is 254. The van der Waals surface area contributed by atoms with Gasteiger partial charge in [-0.3, -0.25) is 4.79 Å². The monoisotopic (exact) mass is 227 g/mol. The highest BCUT2D eigenvalue weighted by Crippen LogP contribution is 2.12. The minimum Gasteiger partial charge on any atom is -0.431 e. The lowest BCUT2D eigenvalue weighted by atomic mass is 10.2. The van der Waals surface area contributed by atoms with Crippen molar-refractivity contribution in [2.24, 2.45) is 0 Å². The molecule has 92 valence electrons. The maximum Gasteiger partial charge on any atom is 0.298 e. The fourth-order valence-electron chi connectivity index (χ4n) is 1.75. The van der Waals surface area contributed by atoms with E-state index in [-0.39, 0.29) is 0 Å². The zero-order valence-corrected chi connectivity index (χ0v) is 10.1. The van der Waals surface area contributed by atoms with Crippen LogP contribution in [0.15, 0.2) is 11.5 Å². The quantitative estimate of drug-likeness (QED) is 0.521. The number of nitrogens with one attached hydrogen (secondary N) is 2. The van der Waals surface area contributed by atoms with Gasteiger partial charge < -0.3 is 20.3 Å². The highest BCUT2D eigenvalue weighted by molar-refractivity contribution is 5.40. The molecule has 5 nitrogen and oxygen atoms in total. The molecule has 0 saturated carbocycles. The van der Waals surface area contributed by atoms with Crippen LogP contribution in [0, 0.1) is 0 Å². The zero-order chi connectivity index (χ0) is 11.8. The summed E-state index contributed by atoms with van der Waals surface area (Å²) in [6.45, 7) is 7.00. The van der Waals surface area contributed by atoms with Crippen LogP contribution in [-0.2, 0) is 9.53 Å². The Morgan fingerprint density at radius 2 is 2.19 bits per heavy atom. The van der Waals surface area contributed by atoms with Gasteiger partial charge in [0.2, 0.25) is 0 Å². The van der Waals surface area contributed by atoms with Crippen molar-refractivity contribution < 1.29 is 9.53 Å². The lowest BCUT2D eigenvalue weighted by molar-refractivity contribution is -0.125. The van der Waals surface area contributed by atoms with Gasteiger partial charge in [-0.05, 0) is 0 Å². The average Bonchev–Trinajstić information content (AvgIpc) is 2.39. The van der Waals surface area contributed by atoms with Crippen molar-refractivity contribution in [3.05, 3.63) is 11.5 Å². The molecule has 16 heavy (non-hydrogen) atoms. The first kappa shape index (κ1) is 13.0. The number of hydrogen-bond acceptors (Lipinski definition) is 5. The highest BCUT2D eigenvalue weighted by Gasteiger charge is 2.12. The van der Waals surface area contributed by atoms with Crippen molar-refractivity contribution in [2.45, 2.75) is 13.3 Å². The molecular formula is C11H21N3O2. The van der Waals surface area contributed by atoms with Crippen LogP contribution in [0.2, 0.25) is 0 Å². The zero-order valence-electron chi connectivity index (χ0n) is 10.1. The predicted octanol–water partition coefficient (Wildman–Crippen LogP) is -0.0944. The molecule has 1 fully saturated rings. The Morgan fingerprint density at radius 3 is 2.88 bits per heavy atom. The predicted molar refractivity (Wildman–Crippen MR) is 62.8 cm³/mol. The van der Waals surface area contributed by atoms with Crippen LogP contribution < -0.4 is 10.6 Å². The third kappa shape index (κ3) is 3.83. The number of nitrogens with zero attached hydrogens (tertiary/aromatic N) is 1. The van der Waals surface area contributed by atoms with Crippen LogP contribution in [0.1, 0.15) is 13.3 Å². The summed E-state index contributed by atoms with van der Waals surface area (Å²) in [7, 11) is 2.02. The Hall–Kier alpha value is -1.07. The lowest BCUT2D eigenvalue weighted by Gasteiger charge is -2.24. The van der Waals surface area contributed by atoms with Gasteiger partial charge in [-0.25, -0.2) is 0 Å². The molecule has 5 heteroatoms. The van der Waals surface area contributed by atoms with Crippen LogP contribution in [0.3, 0.4) is 0 Å². The minimum absolute atomic E-state index is 0.505. The molecule has 1 heterocycles. The van der Waals surface area contributed by atoms with Gasteiger partial charge in [-0.2, -0.15) is 0 Å². The van der Waals surface area contributed by atoms with Crippen molar-refractivity contribution in [1.29, 1.82) is 0 Å². The molecule has 0 unspecified atom stereocenters. The first-order chi connectivity index (χ1) is 7.79. The molecule has 1 rings (SSSR count). The molecule has 0 aromatic carbocycles. The molecule has 2 N–H and O–H groups in total. The van der Waals surface area contributed by atoms with E-state index in [1.54, 1.807) is 0 Å². The van der Waals surface area contributed by atoms with E-state index < -0.39 is 0 Å². The van der Waals surface area contributed by atoms with Crippen LogP contribution in [-0.4, -0.2) is 51.1 Å². The standard InChI is InChI=1S/C11H21N3O2/c1-3-11(16-9-15)10-8-13-5-4-12-6-7-14(10)2/h9,12-13H,3-8H2,1-2H3/b11-10-. The molecule has 1 aliphatic heterocycles. The number of likely N-dealkylation sites (N-methyl/N-ethyl adjacent to an activating group) is 1. The van der Waals surface area contributed by atoms with E-state index in [1.165, 1.54) is 0 Å². The van der Waals surface area contributed by atoms with Crippen molar-refractivity contribution in [2.75, 3.05) is 39.8 Å². The molecule has 0 amide bonds. The van der Waals surface area contributed by atoms with Crippen LogP contribution in [0.25, 0.3) is 0 Å². The van der Waals surface area contributed by atoms with E-state index in [1.807, 2.05) is 14.0 Å². The van der Waals surface area contributed by atoms with Gasteiger partial charge in [-0.1, -0.05) is 6.92 Å². The number of ether oxygens (including phenoxy) is 1. The van der Waals surface area contributed by atoms with Crippen LogP contribution >= 0.6 is 0 Å². The maximum atomic E-state index is 10.4. The Labute approximate surface area is 96.8 Å². The summed E-state index contributed by atoms with van der Waals surface area (Å²) in [6, 6.07) is 0. The van der Waals surface area contributed by atoms with Gasteiger partial charge in [0.05, 0.1) is 5.70 Å². The molecule has 0 aliphatic carbocycles. The third-order valence-corrected chi connectivity index (χ3v) is 2.69. The summed E-state index contributed by atoms with van der Waals surface area (Å²) in [5, 5.41) is 6.65. The van der Waals surface area contributed by atoms with Gasteiger partial charge in [0, 0.05) is 46.2 Å². The average molecular weight is 227 g/mol. The van der Waals surface area contributed by atoms with Gasteiger partial charge >= 0.3 is 0 Å². The van der Waals surface area contributed by atoms with E-state index in [2.05, 4.69) is 15.5 Å². The van der Waals surface area contributed by atoms with E-state index in [9.17, 15) is 4.79 Å². The molecule has 1 aliphatic rings. The molecule has 0 atom stereocenters. The second-order valence-electron chi connectivity index (χ2n) is 3.79. The molecule has 0 spiro atoms. The molecular weight excluding hydrogens is 206 g/mol. The molecule has 0 aromatic heterocycles. The van der Waals surface area contributed by atoms with Gasteiger partial charge in [0.25, 0.3) is 6.47 Å². The number of hydrogen-bond donors (Lipinski definition) is 2. The second-order valence-corrected chi connectivity index (χ2v) is 3.79. The second kappa shape index (κ2) is 7.24. The fraction of sp³-hybridized carbons (Fsp3) is 0.727. The summed E-state index contributed by atoms with van der Waals surface area (Å²) in [5.74, 6) is 0.756. The normalized spacial score (nSPS) is 21.8. The lowest BCUT2D eigenvalue weighted by Crippen LogP contribution is -2.30. The third-order valence-electron chi connectivity index (χ3n) is 2.69. The van der Waals surface area contributed by atoms with Crippen LogP contribution in [0.4, 0.5) is 0 Å². The number of carbonyl (C=O) groups is 1.